The molecule has 3 N–H and O–H groups in total. The molecule has 0 spiro atoms. The van der Waals surface area contributed by atoms with E-state index in [1.165, 1.54) is 29.4 Å². The van der Waals surface area contributed by atoms with Crippen LogP contribution in [0, 0.1) is 5.82 Å². The van der Waals surface area contributed by atoms with E-state index in [1.54, 1.807) is 30.0 Å². The third kappa shape index (κ3) is 4.06. The first kappa shape index (κ1) is 23.0. The number of aromatic amines is 1. The molecule has 0 bridgehead atoms. The molecule has 2 aromatic carbocycles. The van der Waals surface area contributed by atoms with Gasteiger partial charge in [0, 0.05) is 48.1 Å². The van der Waals surface area contributed by atoms with Gasteiger partial charge in [0.1, 0.15) is 17.6 Å². The maximum Gasteiger partial charge on any atom is 0.274 e. The molecule has 0 radical (unpaired) electrons. The van der Waals surface area contributed by atoms with E-state index in [-0.39, 0.29) is 36.3 Å². The number of likely N-dealkylation sites (N-methyl/N-ethyl adjacent to an activating group) is 1. The Bertz CT molecular complexity index is 1660. The number of nitrogens with one attached hydrogen (secondary N) is 3. The number of aromatic nitrogens is 4. The number of hydrogen-bond acceptors (Lipinski definition) is 7. The predicted molar refractivity (Wildman–Crippen MR) is 139 cm³/mol. The molecular formula is C26H22FN7O2S. The number of hydrogen-bond donors (Lipinski definition) is 3. The predicted octanol–water partition coefficient (Wildman–Crippen LogP) is 3.63. The Morgan fingerprint density at radius 3 is 2.84 bits per heavy atom. The Kier molecular flexibility index (Phi) is 5.76. The number of halogens is 1. The first-order chi connectivity index (χ1) is 18.0. The molecule has 4 heterocycles. The van der Waals surface area contributed by atoms with Crippen molar-refractivity contribution in [3.63, 3.8) is 0 Å². The minimum Gasteiger partial charge on any atom is -0.380 e. The molecule has 186 valence electrons. The Hall–Kier alpha value is -4.38. The lowest BCUT2D eigenvalue weighted by Crippen LogP contribution is -2.52. The second kappa shape index (κ2) is 9.25. The molecule has 1 aliphatic heterocycles. The normalized spacial score (nSPS) is 15.1. The number of amides is 2. The van der Waals surface area contributed by atoms with E-state index in [4.69, 9.17) is 0 Å². The number of carbonyl (C=O) groups excluding carboxylic acids is 2. The summed E-state index contributed by atoms with van der Waals surface area (Å²) in [6.45, 7) is 0.521. The van der Waals surface area contributed by atoms with Gasteiger partial charge in [0.05, 0.1) is 34.5 Å². The van der Waals surface area contributed by atoms with Crippen LogP contribution in [0.3, 0.4) is 0 Å². The lowest BCUT2D eigenvalue weighted by molar-refractivity contribution is -0.125. The van der Waals surface area contributed by atoms with E-state index in [0.717, 1.165) is 32.9 Å². The van der Waals surface area contributed by atoms with Gasteiger partial charge in [-0.15, -0.1) is 11.3 Å². The number of rotatable bonds is 5. The summed E-state index contributed by atoms with van der Waals surface area (Å²) in [7, 11) is 1.53. The van der Waals surface area contributed by atoms with Crippen LogP contribution in [0.1, 0.15) is 26.6 Å². The van der Waals surface area contributed by atoms with E-state index in [1.807, 2.05) is 18.2 Å². The molecule has 0 aliphatic carbocycles. The summed E-state index contributed by atoms with van der Waals surface area (Å²) in [5.41, 5.74) is 6.41. The Balaban J connectivity index is 1.28. The van der Waals surface area contributed by atoms with Gasteiger partial charge in [-0.05, 0) is 35.9 Å². The SMILES string of the molecule is CNC(=O)[C@H]1Cc2c([nH]c3cccc(F)c23)CN1C(=O)c1ncsc1CNc1ccc2nccnc2c1. The van der Waals surface area contributed by atoms with Crippen LogP contribution in [0.2, 0.25) is 0 Å². The number of H-pyrrole nitrogens is 1. The van der Waals surface area contributed by atoms with Crippen LogP contribution in [0.4, 0.5) is 10.1 Å². The second-order valence-electron chi connectivity index (χ2n) is 8.75. The molecule has 0 unspecified atom stereocenters. The molecule has 3 aromatic heterocycles. The summed E-state index contributed by atoms with van der Waals surface area (Å²) in [5.74, 6) is -1.00. The van der Waals surface area contributed by atoms with Gasteiger partial charge in [-0.2, -0.15) is 0 Å². The van der Waals surface area contributed by atoms with Gasteiger partial charge in [0.25, 0.3) is 5.91 Å². The topological polar surface area (TPSA) is 116 Å². The van der Waals surface area contributed by atoms with Crippen LogP contribution in [-0.4, -0.2) is 49.7 Å². The van der Waals surface area contributed by atoms with Crippen LogP contribution in [0.5, 0.6) is 0 Å². The first-order valence-electron chi connectivity index (χ1n) is 11.7. The van der Waals surface area contributed by atoms with Gasteiger partial charge in [0.2, 0.25) is 5.91 Å². The summed E-state index contributed by atoms with van der Waals surface area (Å²) in [5, 5.41) is 6.44. The zero-order valence-electron chi connectivity index (χ0n) is 19.8. The van der Waals surface area contributed by atoms with Crippen molar-refractivity contribution in [2.45, 2.75) is 25.6 Å². The third-order valence-corrected chi connectivity index (χ3v) is 7.48. The second-order valence-corrected chi connectivity index (χ2v) is 9.69. The Labute approximate surface area is 214 Å². The Morgan fingerprint density at radius 1 is 1.16 bits per heavy atom. The smallest absolute Gasteiger partial charge is 0.274 e. The summed E-state index contributed by atoms with van der Waals surface area (Å²) in [6, 6.07) is 9.72. The summed E-state index contributed by atoms with van der Waals surface area (Å²) < 4.78 is 14.6. The average molecular weight is 516 g/mol. The van der Waals surface area contributed by atoms with Gasteiger partial charge in [0.15, 0.2) is 0 Å². The van der Waals surface area contributed by atoms with Crippen molar-refractivity contribution in [2.24, 2.45) is 0 Å². The number of anilines is 1. The van der Waals surface area contributed by atoms with Crippen molar-refractivity contribution < 1.29 is 14.0 Å². The Morgan fingerprint density at radius 2 is 2.00 bits per heavy atom. The molecule has 0 saturated heterocycles. The quantitative estimate of drug-likeness (QED) is 0.329. The van der Waals surface area contributed by atoms with Gasteiger partial charge < -0.3 is 20.5 Å². The van der Waals surface area contributed by atoms with Crippen molar-refractivity contribution in [2.75, 3.05) is 12.4 Å². The molecule has 1 aliphatic rings. The fourth-order valence-corrected chi connectivity index (χ4v) is 5.54. The van der Waals surface area contributed by atoms with Crippen molar-refractivity contribution >= 4 is 50.8 Å². The average Bonchev–Trinajstić information content (AvgIpc) is 3.55. The van der Waals surface area contributed by atoms with E-state index in [2.05, 4.69) is 30.6 Å². The number of carbonyl (C=O) groups is 2. The van der Waals surface area contributed by atoms with E-state index in [0.29, 0.717) is 17.4 Å². The van der Waals surface area contributed by atoms with Gasteiger partial charge in [-0.25, -0.2) is 9.37 Å². The molecule has 37 heavy (non-hydrogen) atoms. The fraction of sp³-hybridized carbons (Fsp3) is 0.192. The highest BCUT2D eigenvalue weighted by Crippen LogP contribution is 2.33. The molecule has 5 aromatic rings. The summed E-state index contributed by atoms with van der Waals surface area (Å²) in [4.78, 5) is 45.1. The number of fused-ring (bicyclic) bond motifs is 4. The molecule has 0 saturated carbocycles. The highest BCUT2D eigenvalue weighted by atomic mass is 32.1. The first-order valence-corrected chi connectivity index (χ1v) is 12.6. The maximum atomic E-state index is 14.6. The monoisotopic (exact) mass is 515 g/mol. The zero-order chi connectivity index (χ0) is 25.5. The van der Waals surface area contributed by atoms with E-state index >= 15 is 0 Å². The number of nitrogens with zero attached hydrogens (tertiary/aromatic N) is 4. The van der Waals surface area contributed by atoms with E-state index < -0.39 is 6.04 Å². The molecule has 11 heteroatoms. The van der Waals surface area contributed by atoms with Crippen LogP contribution in [0.15, 0.2) is 54.3 Å². The summed E-state index contributed by atoms with van der Waals surface area (Å²) >= 11 is 1.36. The van der Waals surface area contributed by atoms with Crippen molar-refractivity contribution in [1.82, 2.24) is 30.2 Å². The standard InChI is InChI=1S/C26H22FN7O2S/c1-28-25(35)21-10-15-20(33-18-4-2-3-16(27)23(15)18)12-34(21)26(36)24-22(37-13-32-24)11-31-14-5-6-17-19(9-14)30-8-7-29-17/h2-9,13,21,31,33H,10-12H2,1H3,(H,28,35)/t21-/m1/s1. The summed E-state index contributed by atoms with van der Waals surface area (Å²) in [6.07, 6.45) is 3.49. The lowest BCUT2D eigenvalue weighted by Gasteiger charge is -2.34. The minimum atomic E-state index is -0.787. The van der Waals surface area contributed by atoms with Gasteiger partial charge in [-0.1, -0.05) is 6.07 Å². The van der Waals surface area contributed by atoms with Gasteiger partial charge >= 0.3 is 0 Å². The maximum absolute atomic E-state index is 14.6. The molecule has 2 amide bonds. The largest absolute Gasteiger partial charge is 0.380 e. The van der Waals surface area contributed by atoms with Crippen molar-refractivity contribution in [3.8, 4) is 0 Å². The third-order valence-electron chi connectivity index (χ3n) is 6.64. The lowest BCUT2D eigenvalue weighted by atomic mass is 9.95. The minimum absolute atomic E-state index is 0.147. The van der Waals surface area contributed by atoms with Crippen LogP contribution in [-0.2, 0) is 24.3 Å². The highest BCUT2D eigenvalue weighted by molar-refractivity contribution is 7.10. The zero-order valence-corrected chi connectivity index (χ0v) is 20.6. The number of benzene rings is 2. The number of thiazole rings is 1. The molecule has 1 atom stereocenters. The van der Waals surface area contributed by atoms with Crippen LogP contribution < -0.4 is 10.6 Å². The van der Waals surface area contributed by atoms with Gasteiger partial charge in [-0.3, -0.25) is 19.6 Å². The van der Waals surface area contributed by atoms with Crippen molar-refractivity contribution in [1.29, 1.82) is 0 Å². The van der Waals surface area contributed by atoms with Crippen LogP contribution in [0.25, 0.3) is 21.9 Å². The van der Waals surface area contributed by atoms with Crippen LogP contribution >= 0.6 is 11.3 Å². The van der Waals surface area contributed by atoms with E-state index in [9.17, 15) is 14.0 Å². The highest BCUT2D eigenvalue weighted by Gasteiger charge is 2.38. The molecular weight excluding hydrogens is 493 g/mol. The fourth-order valence-electron chi connectivity index (χ4n) is 4.84. The molecule has 6 rings (SSSR count). The molecule has 0 fully saturated rings. The molecule has 9 nitrogen and oxygen atoms in total. The van der Waals surface area contributed by atoms with Crippen molar-refractivity contribution in [3.05, 3.63) is 81.9 Å².